The standard InChI is InChI=1S/C27H27ClF2N4O6S2/c1-40-24(35)17-20(14-4-7-34(8-5-14)42(38,39)13-26-10-27(11-26,12-26)25(36)37)32-22(23-31-6-9-41-23)33-21(17)15-2-3-16(29)19(30)18(15)28/h2-3,6,9,14,21H,4-5,7-8,10-13H2,1H3,(H,32,33)(H,36,37). The molecule has 2 bridgehead atoms. The van der Waals surface area contributed by atoms with E-state index in [4.69, 9.17) is 16.3 Å². The highest BCUT2D eigenvalue weighted by atomic mass is 35.5. The molecule has 1 unspecified atom stereocenters. The van der Waals surface area contributed by atoms with Gasteiger partial charge in [0, 0.05) is 41.8 Å². The number of hydrogen-bond acceptors (Lipinski definition) is 9. The number of aliphatic imine (C=N–C) groups is 1. The predicted octanol–water partition coefficient (Wildman–Crippen LogP) is 3.89. The molecule has 0 radical (unpaired) electrons. The van der Waals surface area contributed by atoms with Gasteiger partial charge in [-0.05, 0) is 43.6 Å². The Hall–Kier alpha value is -2.94. The third kappa shape index (κ3) is 4.72. The fraction of sp³-hybridized carbons (Fsp3) is 0.481. The summed E-state index contributed by atoms with van der Waals surface area (Å²) in [6, 6.07) is 1.05. The summed E-state index contributed by atoms with van der Waals surface area (Å²) in [5.74, 6) is -4.10. The van der Waals surface area contributed by atoms with Gasteiger partial charge in [-0.2, -0.15) is 0 Å². The molecule has 3 heterocycles. The maximum atomic E-state index is 14.5. The molecule has 1 aromatic carbocycles. The van der Waals surface area contributed by atoms with Crippen molar-refractivity contribution in [3.8, 4) is 0 Å². The first-order valence-electron chi connectivity index (χ1n) is 13.3. The van der Waals surface area contributed by atoms with E-state index in [0.29, 0.717) is 48.6 Å². The zero-order valence-corrected chi connectivity index (χ0v) is 24.8. The molecular formula is C27H27ClF2N4O6S2. The van der Waals surface area contributed by atoms with Gasteiger partial charge in [-0.1, -0.05) is 17.7 Å². The first-order valence-corrected chi connectivity index (χ1v) is 16.2. The lowest BCUT2D eigenvalue weighted by Gasteiger charge is -2.68. The lowest BCUT2D eigenvalue weighted by atomic mass is 9.36. The summed E-state index contributed by atoms with van der Waals surface area (Å²) in [4.78, 5) is 33.6. The van der Waals surface area contributed by atoms with Gasteiger partial charge in [-0.25, -0.2) is 31.3 Å². The number of nitrogens with zero attached hydrogens (tertiary/aromatic N) is 3. The minimum absolute atomic E-state index is 0.0693. The number of sulfonamides is 1. The third-order valence-corrected chi connectivity index (χ3v) is 12.1. The highest BCUT2D eigenvalue weighted by Crippen LogP contribution is 2.73. The van der Waals surface area contributed by atoms with Crippen molar-refractivity contribution in [1.29, 1.82) is 0 Å². The molecule has 7 rings (SSSR count). The number of aromatic nitrogens is 1. The Morgan fingerprint density at radius 2 is 1.93 bits per heavy atom. The van der Waals surface area contributed by atoms with Gasteiger partial charge in [0.05, 0.1) is 28.9 Å². The monoisotopic (exact) mass is 640 g/mol. The number of thiazole rings is 1. The molecule has 224 valence electrons. The molecule has 15 heteroatoms. The number of amidine groups is 1. The molecule has 0 spiro atoms. The third-order valence-electron chi connectivity index (χ3n) is 8.81. The second-order valence-corrected chi connectivity index (χ2v) is 14.7. The molecule has 1 saturated heterocycles. The lowest BCUT2D eigenvalue weighted by molar-refractivity contribution is -0.214. The number of allylic oxidation sites excluding steroid dienone is 1. The molecule has 0 amide bonds. The van der Waals surface area contributed by atoms with Gasteiger partial charge in [0.1, 0.15) is 6.04 Å². The first kappa shape index (κ1) is 29.1. The van der Waals surface area contributed by atoms with Crippen LogP contribution >= 0.6 is 22.9 Å². The Balaban J connectivity index is 1.28. The molecule has 2 aromatic rings. The van der Waals surface area contributed by atoms with Crippen LogP contribution in [0.2, 0.25) is 5.02 Å². The molecule has 3 saturated carbocycles. The van der Waals surface area contributed by atoms with Crippen LogP contribution in [-0.2, 0) is 24.3 Å². The van der Waals surface area contributed by atoms with Crippen LogP contribution in [0.5, 0.6) is 0 Å². The average molecular weight is 641 g/mol. The first-order chi connectivity index (χ1) is 19.9. The molecule has 4 fully saturated rings. The van der Waals surface area contributed by atoms with Crippen LogP contribution in [-0.4, -0.2) is 66.5 Å². The van der Waals surface area contributed by atoms with Gasteiger partial charge < -0.3 is 15.2 Å². The second kappa shape index (κ2) is 10.4. The second-order valence-electron chi connectivity index (χ2n) is 11.5. The van der Waals surface area contributed by atoms with E-state index in [0.717, 1.165) is 6.07 Å². The van der Waals surface area contributed by atoms with Gasteiger partial charge in [0.25, 0.3) is 0 Å². The number of carbonyl (C=O) groups excluding carboxylic acids is 1. The molecule has 1 aromatic heterocycles. The van der Waals surface area contributed by atoms with Crippen molar-refractivity contribution in [3.63, 3.8) is 0 Å². The van der Waals surface area contributed by atoms with E-state index < -0.39 is 55.5 Å². The fourth-order valence-electron chi connectivity index (χ4n) is 6.93. The van der Waals surface area contributed by atoms with Gasteiger partial charge in [-0.3, -0.25) is 9.79 Å². The van der Waals surface area contributed by atoms with Crippen LogP contribution in [0.1, 0.15) is 48.7 Å². The molecular weight excluding hydrogens is 614 g/mol. The van der Waals surface area contributed by atoms with Crippen molar-refractivity contribution in [3.05, 3.63) is 62.2 Å². The van der Waals surface area contributed by atoms with Gasteiger partial charge in [0.15, 0.2) is 22.5 Å². The molecule has 10 nitrogen and oxygen atoms in total. The number of nitrogens with one attached hydrogen (secondary N) is 1. The zero-order chi connectivity index (χ0) is 30.0. The number of aliphatic carboxylic acids is 1. The number of halogens is 3. The van der Waals surface area contributed by atoms with E-state index in [-0.39, 0.29) is 35.9 Å². The summed E-state index contributed by atoms with van der Waals surface area (Å²) in [6.07, 6.45) is 3.46. The highest BCUT2D eigenvalue weighted by Gasteiger charge is 2.72. The van der Waals surface area contributed by atoms with Crippen molar-refractivity contribution in [2.24, 2.45) is 21.7 Å². The summed E-state index contributed by atoms with van der Waals surface area (Å²) < 4.78 is 61.6. The average Bonchev–Trinajstić information content (AvgIpc) is 3.47. The number of rotatable bonds is 8. The van der Waals surface area contributed by atoms with E-state index in [1.54, 1.807) is 11.6 Å². The Kier molecular flexibility index (Phi) is 7.18. The quantitative estimate of drug-likeness (QED) is 0.327. The molecule has 2 aliphatic heterocycles. The van der Waals surface area contributed by atoms with Crippen LogP contribution in [0.15, 0.2) is 40.0 Å². The number of piperidine rings is 1. The summed E-state index contributed by atoms with van der Waals surface area (Å²) in [7, 11) is -2.43. The van der Waals surface area contributed by atoms with E-state index in [1.807, 2.05) is 0 Å². The molecule has 42 heavy (non-hydrogen) atoms. The van der Waals surface area contributed by atoms with Crippen molar-refractivity contribution in [1.82, 2.24) is 14.6 Å². The van der Waals surface area contributed by atoms with Gasteiger partial charge in [0.2, 0.25) is 10.0 Å². The van der Waals surface area contributed by atoms with Crippen molar-refractivity contribution in [2.75, 3.05) is 26.0 Å². The van der Waals surface area contributed by atoms with Crippen LogP contribution in [0.3, 0.4) is 0 Å². The van der Waals surface area contributed by atoms with E-state index in [2.05, 4.69) is 15.3 Å². The lowest BCUT2D eigenvalue weighted by Crippen LogP contribution is -2.68. The number of hydrogen-bond donors (Lipinski definition) is 2. The Morgan fingerprint density at radius 1 is 1.24 bits per heavy atom. The largest absolute Gasteiger partial charge is 0.481 e. The number of methoxy groups -OCH3 is 1. The highest BCUT2D eigenvalue weighted by molar-refractivity contribution is 7.89. The summed E-state index contributed by atoms with van der Waals surface area (Å²) in [5, 5.41) is 14.3. The van der Waals surface area contributed by atoms with Crippen molar-refractivity contribution >= 4 is 50.7 Å². The van der Waals surface area contributed by atoms with Crippen LogP contribution in [0.4, 0.5) is 8.78 Å². The number of carboxylic acids is 1. The molecule has 1 atom stereocenters. The maximum absolute atomic E-state index is 14.5. The van der Waals surface area contributed by atoms with Crippen LogP contribution < -0.4 is 5.32 Å². The van der Waals surface area contributed by atoms with E-state index >= 15 is 0 Å². The zero-order valence-electron chi connectivity index (χ0n) is 22.4. The Bertz CT molecular complexity index is 1620. The van der Waals surface area contributed by atoms with Crippen molar-refractivity contribution < 1.29 is 36.6 Å². The minimum atomic E-state index is -3.63. The minimum Gasteiger partial charge on any atom is -0.481 e. The van der Waals surface area contributed by atoms with Gasteiger partial charge in [-0.15, -0.1) is 11.3 Å². The number of esters is 1. The number of carbonyl (C=O) groups is 2. The Morgan fingerprint density at radius 3 is 2.52 bits per heavy atom. The number of carboxylic acid groups (broad SMARTS) is 1. The van der Waals surface area contributed by atoms with E-state index in [9.17, 15) is 31.9 Å². The number of benzene rings is 1. The molecule has 5 aliphatic rings. The predicted molar refractivity (Wildman–Crippen MR) is 149 cm³/mol. The summed E-state index contributed by atoms with van der Waals surface area (Å²) >= 11 is 7.51. The smallest absolute Gasteiger partial charge is 0.338 e. The van der Waals surface area contributed by atoms with Crippen LogP contribution in [0, 0.1) is 28.4 Å². The SMILES string of the molecule is COC(=O)C1=C(C2CCN(S(=O)(=O)CC34CC(C(=O)O)(C3)C4)CC2)NC(c2nccs2)=NC1c1ccc(F)c(F)c1Cl. The number of ether oxygens (including phenoxy) is 1. The maximum Gasteiger partial charge on any atom is 0.338 e. The fourth-order valence-corrected chi connectivity index (χ4v) is 9.80. The van der Waals surface area contributed by atoms with E-state index in [1.165, 1.54) is 28.8 Å². The summed E-state index contributed by atoms with van der Waals surface area (Å²) in [5.41, 5.74) is -0.639. The van der Waals surface area contributed by atoms with Crippen molar-refractivity contribution in [2.45, 2.75) is 38.1 Å². The van der Waals surface area contributed by atoms with Gasteiger partial charge >= 0.3 is 11.9 Å². The normalized spacial score (nSPS) is 27.9. The molecule has 3 aliphatic carbocycles. The topological polar surface area (TPSA) is 138 Å². The summed E-state index contributed by atoms with van der Waals surface area (Å²) in [6.45, 7) is 0.375. The molecule has 2 N–H and O–H groups in total. The Labute approximate surface area is 249 Å². The van der Waals surface area contributed by atoms with Crippen LogP contribution in [0.25, 0.3) is 0 Å².